The number of aromatic nitrogens is 6. The third-order valence-electron chi connectivity index (χ3n) is 12.6. The van der Waals surface area contributed by atoms with Crippen molar-refractivity contribution in [1.29, 1.82) is 0 Å². The number of rotatable bonds is 6. The SMILES string of the molecule is c1ccc(-c2nc(-c3ccccc3)nc(-n3c4ccc(-c5ccc6c(c5)c5ccccc5n6-c5ccccc5)cc4c4cc(-c5nc6ccccc6c6ccccc56)ccc43)n2)cc1. The van der Waals surface area contributed by atoms with Crippen LogP contribution in [0, 0.1) is 0 Å². The molecular weight excluding hydrogens is 781 g/mol. The van der Waals surface area contributed by atoms with Gasteiger partial charge in [0.2, 0.25) is 5.95 Å². The first kappa shape index (κ1) is 36.0. The van der Waals surface area contributed by atoms with Crippen molar-refractivity contribution < 1.29 is 0 Å². The highest BCUT2D eigenvalue weighted by atomic mass is 15.2. The quantitative estimate of drug-likeness (QED) is 0.157. The van der Waals surface area contributed by atoms with Crippen molar-refractivity contribution in [3.8, 4) is 56.8 Å². The smallest absolute Gasteiger partial charge is 0.238 e. The van der Waals surface area contributed by atoms with Crippen molar-refractivity contribution in [1.82, 2.24) is 29.1 Å². The molecule has 0 aliphatic rings. The Bertz CT molecular complexity index is 3890. The fraction of sp³-hybridized carbons (Fsp3) is 0. The summed E-state index contributed by atoms with van der Waals surface area (Å²) in [5.41, 5.74) is 12.6. The molecule has 0 unspecified atom stereocenters. The second-order valence-corrected chi connectivity index (χ2v) is 16.3. The first-order valence-electron chi connectivity index (χ1n) is 21.6. The average molecular weight is 817 g/mol. The molecule has 0 amide bonds. The van der Waals surface area contributed by atoms with Gasteiger partial charge in [0.15, 0.2) is 11.6 Å². The van der Waals surface area contributed by atoms with Gasteiger partial charge in [0.05, 0.1) is 33.3 Å². The molecular formula is C58H36N6. The lowest BCUT2D eigenvalue weighted by Crippen LogP contribution is -2.06. The van der Waals surface area contributed by atoms with Gasteiger partial charge in [-0.1, -0.05) is 158 Å². The van der Waals surface area contributed by atoms with Crippen molar-refractivity contribution >= 4 is 65.3 Å². The summed E-state index contributed by atoms with van der Waals surface area (Å²) in [5, 5.41) is 8.05. The van der Waals surface area contributed by atoms with Gasteiger partial charge in [-0.05, 0) is 77.2 Å². The van der Waals surface area contributed by atoms with E-state index in [-0.39, 0.29) is 0 Å². The van der Waals surface area contributed by atoms with E-state index in [2.05, 4.69) is 167 Å². The van der Waals surface area contributed by atoms with E-state index in [1.807, 2.05) is 60.7 Å². The van der Waals surface area contributed by atoms with Crippen LogP contribution >= 0.6 is 0 Å². The molecule has 0 aliphatic carbocycles. The van der Waals surface area contributed by atoms with Crippen molar-refractivity contribution in [3.63, 3.8) is 0 Å². The molecule has 0 aliphatic heterocycles. The zero-order valence-electron chi connectivity index (χ0n) is 34.5. The Kier molecular flexibility index (Phi) is 8.11. The lowest BCUT2D eigenvalue weighted by molar-refractivity contribution is 0.953. The van der Waals surface area contributed by atoms with Crippen molar-refractivity contribution in [3.05, 3.63) is 218 Å². The van der Waals surface area contributed by atoms with E-state index in [4.69, 9.17) is 19.9 Å². The van der Waals surface area contributed by atoms with E-state index < -0.39 is 0 Å². The number of fused-ring (bicyclic) bond motifs is 9. The molecule has 0 saturated heterocycles. The predicted molar refractivity (Wildman–Crippen MR) is 263 cm³/mol. The van der Waals surface area contributed by atoms with Crippen LogP contribution in [0.1, 0.15) is 0 Å². The highest BCUT2D eigenvalue weighted by molar-refractivity contribution is 6.15. The fourth-order valence-electron chi connectivity index (χ4n) is 9.59. The minimum atomic E-state index is 0.553. The van der Waals surface area contributed by atoms with E-state index in [0.717, 1.165) is 77.3 Å². The van der Waals surface area contributed by atoms with Crippen LogP contribution in [0.2, 0.25) is 0 Å². The van der Waals surface area contributed by atoms with Crippen LogP contribution in [0.4, 0.5) is 0 Å². The predicted octanol–water partition coefficient (Wildman–Crippen LogP) is 14.4. The summed E-state index contributed by atoms with van der Waals surface area (Å²) < 4.78 is 4.56. The molecule has 0 atom stereocenters. The Morgan fingerprint density at radius 3 is 1.36 bits per heavy atom. The summed E-state index contributed by atoms with van der Waals surface area (Å²) in [5.74, 6) is 1.78. The Morgan fingerprint density at radius 2 is 0.719 bits per heavy atom. The van der Waals surface area contributed by atoms with E-state index in [9.17, 15) is 0 Å². The molecule has 0 spiro atoms. The molecule has 0 saturated carbocycles. The molecule has 9 aromatic carbocycles. The van der Waals surface area contributed by atoms with Crippen molar-refractivity contribution in [2.75, 3.05) is 0 Å². The number of nitrogens with zero attached hydrogens (tertiary/aromatic N) is 6. The zero-order chi connectivity index (χ0) is 42.1. The van der Waals surface area contributed by atoms with Crippen LogP contribution in [-0.4, -0.2) is 29.1 Å². The van der Waals surface area contributed by atoms with Gasteiger partial charge in [0.25, 0.3) is 0 Å². The summed E-state index contributed by atoms with van der Waals surface area (Å²) in [4.78, 5) is 20.8. The van der Waals surface area contributed by atoms with Gasteiger partial charge in [0, 0.05) is 54.7 Å². The molecule has 0 radical (unpaired) electrons. The fourth-order valence-corrected chi connectivity index (χ4v) is 9.59. The number of pyridine rings is 1. The first-order chi connectivity index (χ1) is 31.7. The summed E-state index contributed by atoms with van der Waals surface area (Å²) in [6.07, 6.45) is 0. The Labute approximate surface area is 368 Å². The van der Waals surface area contributed by atoms with Gasteiger partial charge in [-0.25, -0.2) is 9.97 Å². The maximum absolute atomic E-state index is 5.32. The Hall–Kier alpha value is -8.74. The molecule has 13 rings (SSSR count). The lowest BCUT2D eigenvalue weighted by atomic mass is 9.98. The van der Waals surface area contributed by atoms with Crippen molar-refractivity contribution in [2.24, 2.45) is 0 Å². The summed E-state index contributed by atoms with van der Waals surface area (Å²) in [6.45, 7) is 0. The van der Waals surface area contributed by atoms with Crippen molar-refractivity contribution in [2.45, 2.75) is 0 Å². The van der Waals surface area contributed by atoms with E-state index in [1.54, 1.807) is 0 Å². The topological polar surface area (TPSA) is 61.4 Å². The molecule has 4 heterocycles. The number of hydrogen-bond acceptors (Lipinski definition) is 4. The van der Waals surface area contributed by atoms with Crippen LogP contribution in [0.3, 0.4) is 0 Å². The van der Waals surface area contributed by atoms with Crippen LogP contribution in [0.15, 0.2) is 218 Å². The summed E-state index contributed by atoms with van der Waals surface area (Å²) >= 11 is 0. The average Bonchev–Trinajstić information content (AvgIpc) is 3.88. The minimum absolute atomic E-state index is 0.553. The number of para-hydroxylation sites is 3. The Balaban J connectivity index is 1.07. The molecule has 64 heavy (non-hydrogen) atoms. The summed E-state index contributed by atoms with van der Waals surface area (Å²) in [6, 6.07) is 76.9. The highest BCUT2D eigenvalue weighted by Gasteiger charge is 2.21. The van der Waals surface area contributed by atoms with Crippen LogP contribution in [0.5, 0.6) is 0 Å². The van der Waals surface area contributed by atoms with Gasteiger partial charge in [-0.2, -0.15) is 9.97 Å². The molecule has 298 valence electrons. The summed E-state index contributed by atoms with van der Waals surface area (Å²) in [7, 11) is 0. The van der Waals surface area contributed by atoms with Crippen LogP contribution in [-0.2, 0) is 0 Å². The molecule has 4 aromatic heterocycles. The molecule has 0 bridgehead atoms. The van der Waals surface area contributed by atoms with Gasteiger partial charge in [-0.15, -0.1) is 0 Å². The van der Waals surface area contributed by atoms with Gasteiger partial charge in [-0.3, -0.25) is 4.57 Å². The zero-order valence-corrected chi connectivity index (χ0v) is 34.5. The first-order valence-corrected chi connectivity index (χ1v) is 21.6. The highest BCUT2D eigenvalue weighted by Crippen LogP contribution is 2.41. The lowest BCUT2D eigenvalue weighted by Gasteiger charge is -2.12. The molecule has 0 N–H and O–H groups in total. The second-order valence-electron chi connectivity index (χ2n) is 16.3. The molecule has 13 aromatic rings. The second kappa shape index (κ2) is 14.4. The van der Waals surface area contributed by atoms with E-state index in [0.29, 0.717) is 17.6 Å². The largest absolute Gasteiger partial charge is 0.309 e. The monoisotopic (exact) mass is 816 g/mol. The standard InChI is InChI=1S/C58H36N6/c1-4-16-37(17-5-1)56-60-57(38-18-6-2-7-19-38)62-58(61-56)64-53-32-29-40(39-28-31-52-47(34-39)45-24-13-15-27-51(45)63(52)42-20-8-3-9-21-42)35-48(53)49-36-41(30-33-54(49)64)55-46-25-11-10-22-43(46)44-23-12-14-26-50(44)59-55/h1-36H. The van der Waals surface area contributed by atoms with Crippen LogP contribution in [0.25, 0.3) is 122 Å². The molecule has 6 nitrogen and oxygen atoms in total. The van der Waals surface area contributed by atoms with Gasteiger partial charge >= 0.3 is 0 Å². The number of benzene rings is 9. The van der Waals surface area contributed by atoms with Gasteiger partial charge < -0.3 is 4.57 Å². The maximum atomic E-state index is 5.32. The molecule has 0 fully saturated rings. The van der Waals surface area contributed by atoms with E-state index >= 15 is 0 Å². The normalized spacial score (nSPS) is 11.8. The van der Waals surface area contributed by atoms with Gasteiger partial charge in [0.1, 0.15) is 0 Å². The van der Waals surface area contributed by atoms with Crippen LogP contribution < -0.4 is 0 Å². The third-order valence-corrected chi connectivity index (χ3v) is 12.6. The third kappa shape index (κ3) is 5.73. The molecule has 6 heteroatoms. The Morgan fingerprint density at radius 1 is 0.266 bits per heavy atom. The van der Waals surface area contributed by atoms with E-state index in [1.165, 1.54) is 27.2 Å². The minimum Gasteiger partial charge on any atom is -0.309 e. The number of hydrogen-bond donors (Lipinski definition) is 0. The maximum Gasteiger partial charge on any atom is 0.238 e.